The van der Waals surface area contributed by atoms with Gasteiger partial charge in [0.15, 0.2) is 0 Å². The number of likely N-dealkylation sites (tertiary alicyclic amines) is 1. The molecule has 1 aromatic carbocycles. The lowest BCUT2D eigenvalue weighted by molar-refractivity contribution is -0.135. The van der Waals surface area contributed by atoms with Crippen molar-refractivity contribution in [3.8, 4) is 0 Å². The van der Waals surface area contributed by atoms with E-state index in [9.17, 15) is 14.0 Å². The van der Waals surface area contributed by atoms with Crippen LogP contribution in [0.5, 0.6) is 0 Å². The minimum atomic E-state index is -0.498. The number of hydrogen-bond donors (Lipinski definition) is 2. The van der Waals surface area contributed by atoms with Gasteiger partial charge in [0.25, 0.3) is 0 Å². The molecule has 120 valence electrons. The number of nitrogens with zero attached hydrogens (tertiary/aromatic N) is 1. The topological polar surface area (TPSA) is 75.4 Å². The largest absolute Gasteiger partial charge is 0.376 e. The Balaban J connectivity index is 0. The van der Waals surface area contributed by atoms with Crippen LogP contribution in [-0.4, -0.2) is 35.8 Å². The second kappa shape index (κ2) is 8.24. The van der Waals surface area contributed by atoms with Crippen molar-refractivity contribution in [1.82, 2.24) is 4.90 Å². The number of benzene rings is 1. The third kappa shape index (κ3) is 4.73. The molecule has 1 aromatic rings. The molecule has 0 saturated carbocycles. The quantitative estimate of drug-likeness (QED) is 0.895. The van der Waals surface area contributed by atoms with E-state index < -0.39 is 11.9 Å². The molecule has 2 amide bonds. The van der Waals surface area contributed by atoms with Gasteiger partial charge in [0, 0.05) is 15.1 Å². The Morgan fingerprint density at radius 2 is 2.00 bits per heavy atom. The van der Waals surface area contributed by atoms with Crippen molar-refractivity contribution in [2.24, 2.45) is 5.73 Å². The van der Waals surface area contributed by atoms with Gasteiger partial charge in [-0.25, -0.2) is 4.39 Å². The summed E-state index contributed by atoms with van der Waals surface area (Å²) in [7, 11) is 0. The molecule has 0 spiro atoms. The number of anilines is 1. The van der Waals surface area contributed by atoms with Crippen molar-refractivity contribution >= 4 is 17.5 Å². The monoisotopic (exact) mass is 299 g/mol. The molecule has 0 unspecified atom stereocenters. The molecule has 2 rings (SSSR count). The van der Waals surface area contributed by atoms with Gasteiger partial charge in [-0.1, -0.05) is 13.8 Å². The Labute approximate surface area is 127 Å². The summed E-state index contributed by atoms with van der Waals surface area (Å²) in [5.41, 5.74) is 5.91. The molecule has 0 bridgehead atoms. The first-order valence-electron chi connectivity index (χ1n) is 7.16. The van der Waals surface area contributed by atoms with Crippen LogP contribution in [0.3, 0.4) is 0 Å². The van der Waals surface area contributed by atoms with Crippen LogP contribution in [0.1, 0.15) is 29.5 Å². The van der Waals surface area contributed by atoms with E-state index in [0.29, 0.717) is 18.7 Å². The molecule has 0 aliphatic carbocycles. The maximum Gasteiger partial charge on any atom is 0.242 e. The number of rotatable bonds is 4. The molecule has 0 aromatic heterocycles. The second-order valence-electron chi connectivity index (χ2n) is 4.51. The predicted molar refractivity (Wildman–Crippen MR) is 84.4 cm³/mol. The van der Waals surface area contributed by atoms with Crippen LogP contribution in [0.25, 0.3) is 0 Å². The van der Waals surface area contributed by atoms with Crippen LogP contribution in [0.4, 0.5) is 10.1 Å². The number of nitrogens with one attached hydrogen (secondary N) is 1. The van der Waals surface area contributed by atoms with Crippen LogP contribution in [-0.2, 0) is 9.59 Å². The van der Waals surface area contributed by atoms with Crippen LogP contribution in [0, 0.1) is 5.82 Å². The first-order valence-corrected chi connectivity index (χ1v) is 7.16. The molecule has 6 heteroatoms. The molecule has 1 saturated heterocycles. The smallest absolute Gasteiger partial charge is 0.242 e. The van der Waals surface area contributed by atoms with E-state index in [0.717, 1.165) is 6.42 Å². The fraction of sp³-hybridized carbons (Fsp3) is 0.467. The standard InChI is InChI=1S/C13H16FN3O2.C2H6.2H2/c14-9-3-5-10(6-4-9)16-8-12(18)17-7-1-2-11(17)13(15)19;1-2;;/h3-6,11,16H,1-2,7-8H2,(H2,15,19);1-2H3;2*1H/t11-;;;/m0.../s1. The average molecular weight is 299 g/mol. The van der Waals surface area contributed by atoms with Crippen molar-refractivity contribution in [2.45, 2.75) is 32.7 Å². The Morgan fingerprint density at radius 3 is 2.57 bits per heavy atom. The summed E-state index contributed by atoms with van der Waals surface area (Å²) >= 11 is 0. The molecule has 1 atom stereocenters. The van der Waals surface area contributed by atoms with Gasteiger partial charge in [0.1, 0.15) is 11.9 Å². The third-order valence-electron chi connectivity index (χ3n) is 3.19. The lowest BCUT2D eigenvalue weighted by atomic mass is 10.2. The maximum absolute atomic E-state index is 12.7. The van der Waals surface area contributed by atoms with Gasteiger partial charge < -0.3 is 16.0 Å². The number of carbonyl (C=O) groups is 2. The Bertz CT molecular complexity index is 486. The van der Waals surface area contributed by atoms with Gasteiger partial charge in [0.05, 0.1) is 6.54 Å². The van der Waals surface area contributed by atoms with Crippen LogP contribution in [0.2, 0.25) is 0 Å². The normalized spacial score (nSPS) is 16.9. The third-order valence-corrected chi connectivity index (χ3v) is 3.19. The molecule has 0 radical (unpaired) electrons. The zero-order valence-corrected chi connectivity index (χ0v) is 12.4. The van der Waals surface area contributed by atoms with Gasteiger partial charge in [0.2, 0.25) is 11.8 Å². The van der Waals surface area contributed by atoms with Crippen molar-refractivity contribution in [3.63, 3.8) is 0 Å². The van der Waals surface area contributed by atoms with Crippen molar-refractivity contribution in [2.75, 3.05) is 18.4 Å². The van der Waals surface area contributed by atoms with Crippen LogP contribution < -0.4 is 11.1 Å². The highest BCUT2D eigenvalue weighted by atomic mass is 19.1. The van der Waals surface area contributed by atoms with Crippen molar-refractivity contribution < 1.29 is 16.8 Å². The molecule has 1 fully saturated rings. The molecule has 21 heavy (non-hydrogen) atoms. The van der Waals surface area contributed by atoms with Gasteiger partial charge >= 0.3 is 0 Å². The molecule has 1 aliphatic heterocycles. The predicted octanol–water partition coefficient (Wildman–Crippen LogP) is 2.23. The maximum atomic E-state index is 12.7. The molecule has 3 N–H and O–H groups in total. The fourth-order valence-corrected chi connectivity index (χ4v) is 2.21. The summed E-state index contributed by atoms with van der Waals surface area (Å²) < 4.78 is 12.7. The molecule has 1 heterocycles. The van der Waals surface area contributed by atoms with E-state index in [1.54, 1.807) is 12.1 Å². The Hall–Kier alpha value is -2.11. The zero-order chi connectivity index (χ0) is 15.8. The van der Waals surface area contributed by atoms with Crippen molar-refractivity contribution in [1.29, 1.82) is 0 Å². The first kappa shape index (κ1) is 16.9. The highest BCUT2D eigenvalue weighted by Crippen LogP contribution is 2.17. The highest BCUT2D eigenvalue weighted by molar-refractivity contribution is 5.89. The van der Waals surface area contributed by atoms with E-state index in [2.05, 4.69) is 5.32 Å². The highest BCUT2D eigenvalue weighted by Gasteiger charge is 2.32. The van der Waals surface area contributed by atoms with E-state index in [4.69, 9.17) is 5.73 Å². The van der Waals surface area contributed by atoms with Gasteiger partial charge in [-0.2, -0.15) is 0 Å². The minimum Gasteiger partial charge on any atom is -0.376 e. The van der Waals surface area contributed by atoms with Gasteiger partial charge in [-0.3, -0.25) is 9.59 Å². The Morgan fingerprint density at radius 1 is 1.38 bits per heavy atom. The molecule has 5 nitrogen and oxygen atoms in total. The van der Waals surface area contributed by atoms with E-state index in [1.807, 2.05) is 13.8 Å². The lowest BCUT2D eigenvalue weighted by Crippen LogP contribution is -2.45. The molecular formula is C15H26FN3O2. The summed E-state index contributed by atoms with van der Waals surface area (Å²) in [6, 6.07) is 5.24. The zero-order valence-electron chi connectivity index (χ0n) is 12.4. The number of primary amides is 1. The summed E-state index contributed by atoms with van der Waals surface area (Å²) in [5.74, 6) is -0.969. The Kier molecular flexibility index (Phi) is 6.65. The fourth-order valence-electron chi connectivity index (χ4n) is 2.21. The molecule has 1 aliphatic rings. The van der Waals surface area contributed by atoms with Crippen LogP contribution >= 0.6 is 0 Å². The summed E-state index contributed by atoms with van der Waals surface area (Å²) in [6.45, 7) is 4.62. The van der Waals surface area contributed by atoms with E-state index in [-0.39, 0.29) is 21.1 Å². The number of hydrogen-bond acceptors (Lipinski definition) is 3. The summed E-state index contributed by atoms with van der Waals surface area (Å²) in [6.07, 6.45) is 1.41. The first-order chi connectivity index (χ1) is 10.1. The number of nitrogens with two attached hydrogens (primary N) is 1. The van der Waals surface area contributed by atoms with Crippen molar-refractivity contribution in [3.05, 3.63) is 30.1 Å². The summed E-state index contributed by atoms with van der Waals surface area (Å²) in [5, 5.41) is 2.90. The number of halogens is 1. The average Bonchev–Trinajstić information content (AvgIpc) is 2.98. The van der Waals surface area contributed by atoms with Gasteiger partial charge in [-0.05, 0) is 37.1 Å². The van der Waals surface area contributed by atoms with E-state index in [1.165, 1.54) is 17.0 Å². The lowest BCUT2D eigenvalue weighted by Gasteiger charge is -2.22. The van der Waals surface area contributed by atoms with E-state index >= 15 is 0 Å². The second-order valence-corrected chi connectivity index (χ2v) is 4.51. The number of amides is 2. The molecular weight excluding hydrogens is 273 g/mol. The number of carbonyl (C=O) groups excluding carboxylic acids is 2. The SMILES string of the molecule is CC.NC(=O)[C@@H]1CCCN1C(=O)CNc1ccc(F)cc1.[HH].[HH]. The van der Waals surface area contributed by atoms with Crippen LogP contribution in [0.15, 0.2) is 24.3 Å². The summed E-state index contributed by atoms with van der Waals surface area (Å²) in [4.78, 5) is 24.7. The van der Waals surface area contributed by atoms with Gasteiger partial charge in [-0.15, -0.1) is 0 Å². The minimum absolute atomic E-state index is 0.